The first kappa shape index (κ1) is 21.0. The normalized spacial score (nSPS) is 16.5. The molecule has 24 heavy (non-hydrogen) atoms. The molecule has 0 spiro atoms. The summed E-state index contributed by atoms with van der Waals surface area (Å²) in [5.41, 5.74) is 1.27. The number of guanidine groups is 1. The zero-order valence-corrected chi connectivity index (χ0v) is 17.4. The highest BCUT2D eigenvalue weighted by atomic mass is 127. The molecule has 2 rings (SSSR count). The zero-order chi connectivity index (χ0) is 16.5. The number of nitrogens with zero attached hydrogens (tertiary/aromatic N) is 3. The molecule has 5 heteroatoms. The van der Waals surface area contributed by atoms with Crippen LogP contribution in [0.4, 0.5) is 0 Å². The first-order valence-electron chi connectivity index (χ1n) is 8.58. The molecule has 1 N–H and O–H groups in total. The molecule has 134 valence electrons. The van der Waals surface area contributed by atoms with Crippen LogP contribution in [0.25, 0.3) is 6.08 Å². The van der Waals surface area contributed by atoms with E-state index < -0.39 is 0 Å². The molecule has 0 unspecified atom stereocenters. The molecule has 0 aliphatic carbocycles. The van der Waals surface area contributed by atoms with Gasteiger partial charge in [0.05, 0.1) is 0 Å². The van der Waals surface area contributed by atoms with Crippen molar-refractivity contribution in [2.45, 2.75) is 13.8 Å². The predicted octanol–water partition coefficient (Wildman–Crippen LogP) is 3.17. The van der Waals surface area contributed by atoms with E-state index in [1.54, 1.807) is 0 Å². The maximum absolute atomic E-state index is 4.41. The lowest BCUT2D eigenvalue weighted by molar-refractivity contribution is 0.194. The minimum atomic E-state index is 0. The van der Waals surface area contributed by atoms with E-state index in [0.717, 1.165) is 45.2 Å². The zero-order valence-electron chi connectivity index (χ0n) is 15.1. The van der Waals surface area contributed by atoms with Crippen LogP contribution in [-0.4, -0.2) is 62.1 Å². The van der Waals surface area contributed by atoms with Crippen LogP contribution in [0.2, 0.25) is 0 Å². The summed E-state index contributed by atoms with van der Waals surface area (Å²) in [4.78, 5) is 9.26. The van der Waals surface area contributed by atoms with Crippen LogP contribution in [0.15, 0.2) is 41.4 Å². The van der Waals surface area contributed by atoms with Crippen LogP contribution in [0.5, 0.6) is 0 Å². The van der Waals surface area contributed by atoms with Gasteiger partial charge < -0.3 is 10.2 Å². The van der Waals surface area contributed by atoms with Gasteiger partial charge in [-0.15, -0.1) is 24.0 Å². The Morgan fingerprint density at radius 1 is 1.17 bits per heavy atom. The summed E-state index contributed by atoms with van der Waals surface area (Å²) in [6.07, 6.45) is 4.46. The van der Waals surface area contributed by atoms with E-state index in [-0.39, 0.29) is 24.0 Å². The number of nitrogens with one attached hydrogen (secondary N) is 1. The molecule has 4 nitrogen and oxygen atoms in total. The van der Waals surface area contributed by atoms with E-state index in [0.29, 0.717) is 5.92 Å². The van der Waals surface area contributed by atoms with Crippen molar-refractivity contribution in [1.29, 1.82) is 0 Å². The molecule has 1 fully saturated rings. The van der Waals surface area contributed by atoms with Gasteiger partial charge in [-0.1, -0.05) is 56.3 Å². The first-order chi connectivity index (χ1) is 11.2. The number of aliphatic imine (C=N–C) groups is 1. The number of hydrogen-bond acceptors (Lipinski definition) is 2. The standard InChI is InChI=1S/C19H30N4.HI/c1-17(2)16-21-19(20-3)23-14-12-22(13-15-23)11-7-10-18-8-5-4-6-9-18;/h4-10,17H,11-16H2,1-3H3,(H,20,21);1H/b10-7+;. The van der Waals surface area contributed by atoms with Crippen molar-refractivity contribution >= 4 is 36.0 Å². The van der Waals surface area contributed by atoms with E-state index in [9.17, 15) is 0 Å². The molecule has 0 aromatic heterocycles. The van der Waals surface area contributed by atoms with Crippen molar-refractivity contribution in [3.8, 4) is 0 Å². The first-order valence-corrected chi connectivity index (χ1v) is 8.58. The Morgan fingerprint density at radius 3 is 2.42 bits per heavy atom. The number of halogens is 1. The van der Waals surface area contributed by atoms with Gasteiger partial charge in [0.2, 0.25) is 0 Å². The summed E-state index contributed by atoms with van der Waals surface area (Å²) in [6.45, 7) is 10.7. The van der Waals surface area contributed by atoms with Gasteiger partial charge in [0, 0.05) is 46.3 Å². The monoisotopic (exact) mass is 442 g/mol. The molecular formula is C19H31IN4. The maximum atomic E-state index is 4.41. The van der Waals surface area contributed by atoms with Crippen molar-refractivity contribution in [3.63, 3.8) is 0 Å². The second-order valence-corrected chi connectivity index (χ2v) is 6.42. The topological polar surface area (TPSA) is 30.9 Å². The van der Waals surface area contributed by atoms with Crippen LogP contribution in [0.1, 0.15) is 19.4 Å². The van der Waals surface area contributed by atoms with Crippen molar-refractivity contribution in [1.82, 2.24) is 15.1 Å². The minimum Gasteiger partial charge on any atom is -0.356 e. The molecule has 1 aromatic rings. The molecule has 1 aliphatic rings. The Morgan fingerprint density at radius 2 is 1.83 bits per heavy atom. The fourth-order valence-electron chi connectivity index (χ4n) is 2.67. The van der Waals surface area contributed by atoms with Crippen LogP contribution in [-0.2, 0) is 0 Å². The average molecular weight is 442 g/mol. The third-order valence-electron chi connectivity index (χ3n) is 4.03. The summed E-state index contributed by atoms with van der Waals surface area (Å²) in [7, 11) is 1.87. The van der Waals surface area contributed by atoms with Crippen LogP contribution < -0.4 is 5.32 Å². The quantitative estimate of drug-likeness (QED) is 0.432. The van der Waals surface area contributed by atoms with E-state index in [4.69, 9.17) is 0 Å². The fraction of sp³-hybridized carbons (Fsp3) is 0.526. The SMILES string of the molecule is CN=C(NCC(C)C)N1CCN(C/C=C/c2ccccc2)CC1.I. The van der Waals surface area contributed by atoms with Crippen LogP contribution in [0, 0.1) is 5.92 Å². The minimum absolute atomic E-state index is 0. The highest BCUT2D eigenvalue weighted by molar-refractivity contribution is 14.0. The molecule has 1 saturated heterocycles. The number of benzene rings is 1. The van der Waals surface area contributed by atoms with E-state index in [1.807, 2.05) is 7.05 Å². The second kappa shape index (κ2) is 11.5. The maximum Gasteiger partial charge on any atom is 0.193 e. The summed E-state index contributed by atoms with van der Waals surface area (Å²) in [6, 6.07) is 10.5. The smallest absolute Gasteiger partial charge is 0.193 e. The molecule has 1 aliphatic heterocycles. The van der Waals surface area contributed by atoms with E-state index >= 15 is 0 Å². The molecule has 0 amide bonds. The summed E-state index contributed by atoms with van der Waals surface area (Å²) < 4.78 is 0. The lowest BCUT2D eigenvalue weighted by Crippen LogP contribution is -2.52. The Balaban J connectivity index is 0.00000288. The van der Waals surface area contributed by atoms with Crippen LogP contribution >= 0.6 is 24.0 Å². The predicted molar refractivity (Wildman–Crippen MR) is 115 cm³/mol. The number of hydrogen-bond donors (Lipinski definition) is 1. The van der Waals surface area contributed by atoms with Gasteiger partial charge in [0.15, 0.2) is 5.96 Å². The van der Waals surface area contributed by atoms with E-state index in [2.05, 4.69) is 76.4 Å². The Bertz CT molecular complexity index is 505. The van der Waals surface area contributed by atoms with Crippen LogP contribution in [0.3, 0.4) is 0 Å². The molecular weight excluding hydrogens is 411 g/mol. The Hall–Kier alpha value is -1.08. The average Bonchev–Trinajstić information content (AvgIpc) is 2.57. The van der Waals surface area contributed by atoms with Gasteiger partial charge in [-0.05, 0) is 11.5 Å². The fourth-order valence-corrected chi connectivity index (χ4v) is 2.67. The molecule has 0 saturated carbocycles. The van der Waals surface area contributed by atoms with Gasteiger partial charge in [0.1, 0.15) is 0 Å². The Labute approximate surface area is 164 Å². The number of rotatable bonds is 5. The second-order valence-electron chi connectivity index (χ2n) is 6.42. The molecule has 1 aromatic carbocycles. The highest BCUT2D eigenvalue weighted by Crippen LogP contribution is 2.05. The number of piperazine rings is 1. The molecule has 0 radical (unpaired) electrons. The summed E-state index contributed by atoms with van der Waals surface area (Å²) >= 11 is 0. The van der Waals surface area contributed by atoms with Crippen molar-refractivity contribution < 1.29 is 0 Å². The van der Waals surface area contributed by atoms with Gasteiger partial charge in [-0.2, -0.15) is 0 Å². The summed E-state index contributed by atoms with van der Waals surface area (Å²) in [5.74, 6) is 1.68. The van der Waals surface area contributed by atoms with Crippen molar-refractivity contribution in [2.24, 2.45) is 10.9 Å². The highest BCUT2D eigenvalue weighted by Gasteiger charge is 2.18. The van der Waals surface area contributed by atoms with Crippen molar-refractivity contribution in [2.75, 3.05) is 46.3 Å². The third-order valence-corrected chi connectivity index (χ3v) is 4.03. The molecule has 0 bridgehead atoms. The van der Waals surface area contributed by atoms with E-state index in [1.165, 1.54) is 5.56 Å². The lowest BCUT2D eigenvalue weighted by Gasteiger charge is -2.36. The van der Waals surface area contributed by atoms with Gasteiger partial charge in [0.25, 0.3) is 0 Å². The van der Waals surface area contributed by atoms with Gasteiger partial charge in [-0.25, -0.2) is 0 Å². The lowest BCUT2D eigenvalue weighted by atomic mass is 10.2. The third kappa shape index (κ3) is 7.21. The summed E-state index contributed by atoms with van der Waals surface area (Å²) in [5, 5.41) is 3.46. The van der Waals surface area contributed by atoms with Gasteiger partial charge in [-0.3, -0.25) is 9.89 Å². The largest absolute Gasteiger partial charge is 0.356 e. The van der Waals surface area contributed by atoms with Crippen molar-refractivity contribution in [3.05, 3.63) is 42.0 Å². The molecule has 1 heterocycles. The molecule has 0 atom stereocenters. The van der Waals surface area contributed by atoms with Gasteiger partial charge >= 0.3 is 0 Å². The Kier molecular flexibility index (Phi) is 10.0.